The summed E-state index contributed by atoms with van der Waals surface area (Å²) >= 11 is 0. The lowest BCUT2D eigenvalue weighted by molar-refractivity contribution is -0.119. The van der Waals surface area contributed by atoms with Crippen LogP contribution in [0.15, 0.2) is 12.2 Å². The third-order valence-electron chi connectivity index (χ3n) is 8.40. The van der Waals surface area contributed by atoms with Crippen LogP contribution in [0.1, 0.15) is 75.7 Å². The van der Waals surface area contributed by atoms with Crippen molar-refractivity contribution in [1.29, 1.82) is 0 Å². The van der Waals surface area contributed by atoms with E-state index in [4.69, 9.17) is 17.1 Å². The van der Waals surface area contributed by atoms with Gasteiger partial charge in [-0.3, -0.25) is 4.79 Å². The Labute approximate surface area is 222 Å². The molecule has 0 saturated heterocycles. The van der Waals surface area contributed by atoms with Gasteiger partial charge in [0.1, 0.15) is 6.61 Å². The Morgan fingerprint density at radius 3 is 1.20 bits per heavy atom. The molecule has 0 heterocycles. The Bertz CT molecular complexity index is 537. The van der Waals surface area contributed by atoms with E-state index < -0.39 is 33.8 Å². The predicted molar refractivity (Wildman–Crippen MR) is 161 cm³/mol. The number of Topliss-reactive ketones (excluding diaryl/α,β-unsaturated/α-hetero) is 1. The summed E-state index contributed by atoms with van der Waals surface area (Å²) in [5, 5.41) is 0. The highest BCUT2D eigenvalue weighted by Gasteiger charge is 2.54. The molecule has 0 aliphatic rings. The van der Waals surface area contributed by atoms with Crippen molar-refractivity contribution >= 4 is 39.5 Å². The lowest BCUT2D eigenvalue weighted by atomic mass is 10.2. The Morgan fingerprint density at radius 2 is 0.943 bits per heavy atom. The molecule has 35 heavy (non-hydrogen) atoms. The summed E-state index contributed by atoms with van der Waals surface area (Å²) in [4.78, 5) is 11.9. The topological polar surface area (TPSA) is 54.0 Å². The molecule has 5 nitrogen and oxygen atoms in total. The third-order valence-corrected chi connectivity index (χ3v) is 29.9. The summed E-state index contributed by atoms with van der Waals surface area (Å²) in [5.41, 5.74) is 0.544. The molecule has 0 aliphatic heterocycles. The number of hydrogen-bond donors (Lipinski definition) is 0. The number of carbonyl (C=O) groups is 1. The molecule has 0 aromatic rings. The number of rotatable bonds is 22. The highest BCUT2D eigenvalue weighted by atomic mass is 28.5. The predicted octanol–water partition coefficient (Wildman–Crippen LogP) is 8.54. The van der Waals surface area contributed by atoms with Gasteiger partial charge < -0.3 is 17.1 Å². The average Bonchev–Trinajstić information content (AvgIpc) is 2.89. The zero-order valence-electron chi connectivity index (χ0n) is 24.9. The standard InChI is InChI=1S/C26H58O5Si4/c1-12-32(13-2,14-3)29-35(30-33(15-4,16-5)17-6,31-34(18-7,19-8)20-9)23-21-22-28-24-26(27)25(10)11/h10,12-24H2,1-9,11H3. The highest BCUT2D eigenvalue weighted by molar-refractivity contribution is 6.92. The molecule has 0 saturated carbocycles. The first kappa shape index (κ1) is 35.1. The van der Waals surface area contributed by atoms with Gasteiger partial charge in [0.15, 0.2) is 30.7 Å². The minimum Gasteiger partial charge on any atom is -0.416 e. The molecule has 0 amide bonds. The summed E-state index contributed by atoms with van der Waals surface area (Å²) in [6, 6.07) is 10.6. The number of ketones is 1. The molecule has 0 spiro atoms. The van der Waals surface area contributed by atoms with Crippen LogP contribution >= 0.6 is 0 Å². The first-order valence-electron chi connectivity index (χ1n) is 14.4. The lowest BCUT2D eigenvalue weighted by Gasteiger charge is -2.48. The second kappa shape index (κ2) is 16.9. The van der Waals surface area contributed by atoms with Crippen LogP contribution in [0.4, 0.5) is 0 Å². The molecule has 0 aromatic carbocycles. The van der Waals surface area contributed by atoms with E-state index in [0.29, 0.717) is 12.2 Å². The number of ether oxygens (including phenoxy) is 1. The van der Waals surface area contributed by atoms with Gasteiger partial charge in [0.05, 0.1) is 0 Å². The van der Waals surface area contributed by atoms with E-state index in [1.54, 1.807) is 6.92 Å². The van der Waals surface area contributed by atoms with E-state index in [1.807, 2.05) is 0 Å². The Kier molecular flexibility index (Phi) is 16.9. The largest absolute Gasteiger partial charge is 0.469 e. The van der Waals surface area contributed by atoms with Crippen molar-refractivity contribution in [3.05, 3.63) is 12.2 Å². The zero-order valence-corrected chi connectivity index (χ0v) is 28.9. The van der Waals surface area contributed by atoms with Crippen LogP contribution in [-0.4, -0.2) is 52.8 Å². The van der Waals surface area contributed by atoms with Crippen molar-refractivity contribution < 1.29 is 21.9 Å². The van der Waals surface area contributed by atoms with Crippen molar-refractivity contribution in [3.63, 3.8) is 0 Å². The molecular weight excluding hydrogens is 505 g/mol. The smallest absolute Gasteiger partial charge is 0.416 e. The van der Waals surface area contributed by atoms with E-state index >= 15 is 0 Å². The van der Waals surface area contributed by atoms with Gasteiger partial charge >= 0.3 is 8.80 Å². The maximum absolute atomic E-state index is 11.9. The summed E-state index contributed by atoms with van der Waals surface area (Å²) < 4.78 is 28.0. The van der Waals surface area contributed by atoms with Gasteiger partial charge in [-0.05, 0) is 73.3 Å². The van der Waals surface area contributed by atoms with E-state index in [-0.39, 0.29) is 12.4 Å². The summed E-state index contributed by atoms with van der Waals surface area (Å²) in [6.07, 6.45) is 0.792. The van der Waals surface area contributed by atoms with Crippen molar-refractivity contribution in [3.8, 4) is 0 Å². The molecule has 9 heteroatoms. The van der Waals surface area contributed by atoms with Gasteiger partial charge in [-0.15, -0.1) is 0 Å². The lowest BCUT2D eigenvalue weighted by Crippen LogP contribution is -2.64. The van der Waals surface area contributed by atoms with E-state index in [2.05, 4.69) is 68.9 Å². The zero-order chi connectivity index (χ0) is 27.2. The number of carbonyl (C=O) groups excluding carboxylic acids is 1. The number of hydrogen-bond acceptors (Lipinski definition) is 5. The van der Waals surface area contributed by atoms with Gasteiger partial charge in [-0.1, -0.05) is 68.9 Å². The maximum atomic E-state index is 11.9. The quantitative estimate of drug-likeness (QED) is 0.0751. The fourth-order valence-corrected chi connectivity index (χ4v) is 25.8. The molecule has 0 rings (SSSR count). The minimum atomic E-state index is -2.99. The summed E-state index contributed by atoms with van der Waals surface area (Å²) in [6.45, 7) is 26.7. The average molecular weight is 563 g/mol. The molecule has 0 N–H and O–H groups in total. The SMILES string of the molecule is C=C(C)C(=O)COCCC[Si](O[Si](CC)(CC)CC)(O[Si](CC)(CC)CC)O[Si](CC)(CC)CC. The summed E-state index contributed by atoms with van der Waals surface area (Å²) in [5.74, 6) is -0.0321. The second-order valence-electron chi connectivity index (χ2n) is 10.1. The molecule has 0 atom stereocenters. The van der Waals surface area contributed by atoms with Crippen molar-refractivity contribution in [1.82, 2.24) is 0 Å². The van der Waals surface area contributed by atoms with Gasteiger partial charge in [0.25, 0.3) is 0 Å². The Hall–Kier alpha value is 0.118. The van der Waals surface area contributed by atoms with Crippen LogP contribution in [0.3, 0.4) is 0 Å². The van der Waals surface area contributed by atoms with Crippen LogP contribution in [0.5, 0.6) is 0 Å². The van der Waals surface area contributed by atoms with Crippen LogP contribution < -0.4 is 0 Å². The second-order valence-corrected chi connectivity index (χ2v) is 27.9. The Morgan fingerprint density at radius 1 is 0.629 bits per heavy atom. The van der Waals surface area contributed by atoms with E-state index in [9.17, 15) is 4.79 Å². The van der Waals surface area contributed by atoms with Crippen LogP contribution in [0, 0.1) is 0 Å². The van der Waals surface area contributed by atoms with Crippen LogP contribution in [0.2, 0.25) is 60.4 Å². The van der Waals surface area contributed by atoms with Crippen molar-refractivity contribution in [2.75, 3.05) is 13.2 Å². The van der Waals surface area contributed by atoms with E-state index in [1.165, 1.54) is 0 Å². The maximum Gasteiger partial charge on any atom is 0.469 e. The molecule has 208 valence electrons. The van der Waals surface area contributed by atoms with Gasteiger partial charge in [-0.2, -0.15) is 0 Å². The van der Waals surface area contributed by atoms with Crippen molar-refractivity contribution in [2.45, 2.75) is 136 Å². The van der Waals surface area contributed by atoms with Crippen molar-refractivity contribution in [2.24, 2.45) is 0 Å². The van der Waals surface area contributed by atoms with Gasteiger partial charge in [-0.25, -0.2) is 0 Å². The first-order chi connectivity index (χ1) is 16.5. The summed E-state index contributed by atoms with van der Waals surface area (Å²) in [7, 11) is -8.93. The Balaban J connectivity index is 6.36. The minimum absolute atomic E-state index is 0.0321. The van der Waals surface area contributed by atoms with Gasteiger partial charge in [0, 0.05) is 12.7 Å². The monoisotopic (exact) mass is 562 g/mol. The molecule has 0 aromatic heterocycles. The van der Waals surface area contributed by atoms with Crippen LogP contribution in [-0.2, 0) is 21.9 Å². The molecule has 0 aliphatic carbocycles. The third kappa shape index (κ3) is 10.4. The molecular formula is C26H58O5Si4. The highest BCUT2D eigenvalue weighted by Crippen LogP contribution is 2.39. The molecule has 0 unspecified atom stereocenters. The van der Waals surface area contributed by atoms with Crippen LogP contribution in [0.25, 0.3) is 0 Å². The fourth-order valence-electron chi connectivity index (χ4n) is 4.78. The van der Waals surface area contributed by atoms with Gasteiger partial charge in [0.2, 0.25) is 0 Å². The molecule has 0 radical (unpaired) electrons. The normalized spacial score (nSPS) is 13.3. The fraction of sp³-hybridized carbons (Fsp3) is 0.885. The van der Waals surface area contributed by atoms with E-state index in [0.717, 1.165) is 66.9 Å². The molecule has 0 fully saturated rings. The first-order valence-corrected chi connectivity index (χ1v) is 23.9. The molecule has 0 bridgehead atoms.